The lowest BCUT2D eigenvalue weighted by Crippen LogP contribution is -2.01. The van der Waals surface area contributed by atoms with Gasteiger partial charge >= 0.3 is 0 Å². The molecule has 0 N–H and O–H groups in total. The van der Waals surface area contributed by atoms with Gasteiger partial charge in [0.25, 0.3) is 0 Å². The number of hydrogen-bond acceptors (Lipinski definition) is 2. The fourth-order valence-corrected chi connectivity index (χ4v) is 9.76. The van der Waals surface area contributed by atoms with Crippen molar-refractivity contribution in [2.75, 3.05) is 0 Å². The van der Waals surface area contributed by atoms with Crippen molar-refractivity contribution < 1.29 is 0 Å². The Morgan fingerprint density at radius 2 is 0.828 bits per heavy atom. The third kappa shape index (κ3) is 6.39. The molecule has 3 heterocycles. The summed E-state index contributed by atoms with van der Waals surface area (Å²) < 4.78 is 4.84. The van der Waals surface area contributed by atoms with Crippen molar-refractivity contribution >= 4 is 43.6 Å². The Morgan fingerprint density at radius 3 is 1.45 bits per heavy atom. The monoisotopic (exact) mass is 818 g/mol. The third-order valence-electron chi connectivity index (χ3n) is 12.6. The molecule has 4 heteroatoms. The van der Waals surface area contributed by atoms with E-state index in [1.807, 2.05) is 12.1 Å². The van der Waals surface area contributed by atoms with Crippen molar-refractivity contribution in [2.24, 2.45) is 0 Å². The van der Waals surface area contributed by atoms with Gasteiger partial charge in [0.2, 0.25) is 0 Å². The van der Waals surface area contributed by atoms with Crippen molar-refractivity contribution in [3.05, 3.63) is 230 Å². The van der Waals surface area contributed by atoms with Crippen LogP contribution in [0.15, 0.2) is 218 Å². The van der Waals surface area contributed by atoms with Gasteiger partial charge in [-0.25, -0.2) is 9.97 Å². The zero-order valence-electron chi connectivity index (χ0n) is 35.6. The Labute approximate surface area is 372 Å². The molecule has 0 radical (unpaired) electrons. The van der Waals surface area contributed by atoms with Gasteiger partial charge in [0.1, 0.15) is 0 Å². The number of fused-ring (bicyclic) bond motifs is 6. The van der Waals surface area contributed by atoms with Crippen LogP contribution in [0.3, 0.4) is 0 Å². The van der Waals surface area contributed by atoms with Crippen LogP contribution in [0.4, 0.5) is 0 Å². The summed E-state index contributed by atoms with van der Waals surface area (Å²) in [6.07, 6.45) is 0. The fourth-order valence-electron chi connectivity index (χ4n) is 9.76. The Morgan fingerprint density at radius 1 is 0.312 bits per heavy atom. The minimum absolute atomic E-state index is 0.673. The van der Waals surface area contributed by atoms with Crippen LogP contribution in [-0.4, -0.2) is 19.1 Å². The average molecular weight is 819 g/mol. The van der Waals surface area contributed by atoms with Gasteiger partial charge in [-0.2, -0.15) is 0 Å². The van der Waals surface area contributed by atoms with Crippen LogP contribution in [0.1, 0.15) is 11.1 Å². The van der Waals surface area contributed by atoms with Crippen LogP contribution in [0.25, 0.3) is 111 Å². The van der Waals surface area contributed by atoms with Gasteiger partial charge in [0.05, 0.1) is 39.1 Å². The summed E-state index contributed by atoms with van der Waals surface area (Å²) in [6.45, 7) is 4.35. The number of nitrogens with zero attached hydrogens (tertiary/aromatic N) is 4. The maximum atomic E-state index is 5.28. The van der Waals surface area contributed by atoms with Crippen molar-refractivity contribution in [3.8, 4) is 67.5 Å². The first kappa shape index (κ1) is 37.4. The van der Waals surface area contributed by atoms with Gasteiger partial charge in [-0.3, -0.25) is 0 Å². The van der Waals surface area contributed by atoms with Gasteiger partial charge in [-0.05, 0) is 97.3 Å². The number of para-hydroxylation sites is 3. The van der Waals surface area contributed by atoms with E-state index in [2.05, 4.69) is 229 Å². The lowest BCUT2D eigenvalue weighted by atomic mass is 9.98. The molecule has 12 rings (SSSR count). The molecule has 0 aliphatic heterocycles. The quantitative estimate of drug-likeness (QED) is 0.161. The predicted molar refractivity (Wildman–Crippen MR) is 267 cm³/mol. The molecule has 64 heavy (non-hydrogen) atoms. The van der Waals surface area contributed by atoms with Crippen LogP contribution in [-0.2, 0) is 0 Å². The second kappa shape index (κ2) is 15.2. The zero-order valence-corrected chi connectivity index (χ0v) is 35.6. The van der Waals surface area contributed by atoms with Crippen LogP contribution < -0.4 is 0 Å². The fraction of sp³-hybridized carbons (Fsp3) is 0.0333. The highest BCUT2D eigenvalue weighted by Gasteiger charge is 2.20. The van der Waals surface area contributed by atoms with Gasteiger partial charge in [-0.15, -0.1) is 0 Å². The van der Waals surface area contributed by atoms with Crippen molar-refractivity contribution in [1.82, 2.24) is 19.1 Å². The van der Waals surface area contributed by atoms with E-state index in [0.717, 1.165) is 61.6 Å². The van der Waals surface area contributed by atoms with Crippen LogP contribution in [0, 0.1) is 13.8 Å². The van der Waals surface area contributed by atoms with Crippen molar-refractivity contribution in [2.45, 2.75) is 13.8 Å². The summed E-state index contributed by atoms with van der Waals surface area (Å²) in [7, 11) is 0. The molecule has 4 nitrogen and oxygen atoms in total. The molecule has 302 valence electrons. The number of aryl methyl sites for hydroxylation is 2. The van der Waals surface area contributed by atoms with E-state index in [9.17, 15) is 0 Å². The lowest BCUT2D eigenvalue weighted by Gasteiger charge is -2.17. The van der Waals surface area contributed by atoms with E-state index in [1.165, 1.54) is 54.8 Å². The molecule has 0 saturated heterocycles. The topological polar surface area (TPSA) is 35.6 Å². The average Bonchev–Trinajstić information content (AvgIpc) is 3.86. The zero-order chi connectivity index (χ0) is 42.7. The molecule has 0 aliphatic rings. The van der Waals surface area contributed by atoms with Crippen molar-refractivity contribution in [3.63, 3.8) is 0 Å². The number of rotatable bonds is 7. The van der Waals surface area contributed by atoms with E-state index < -0.39 is 0 Å². The van der Waals surface area contributed by atoms with Gasteiger partial charge in [-0.1, -0.05) is 163 Å². The summed E-state index contributed by atoms with van der Waals surface area (Å²) in [5.74, 6) is 0.673. The van der Waals surface area contributed by atoms with E-state index in [1.54, 1.807) is 0 Å². The minimum Gasteiger partial charge on any atom is -0.309 e. The molecule has 0 spiro atoms. The maximum absolute atomic E-state index is 5.28. The Balaban J connectivity index is 1.11. The van der Waals surface area contributed by atoms with E-state index in [0.29, 0.717) is 5.82 Å². The molecule has 0 amide bonds. The number of benzene rings is 9. The molecule has 0 atom stereocenters. The van der Waals surface area contributed by atoms with Crippen LogP contribution in [0.5, 0.6) is 0 Å². The summed E-state index contributed by atoms with van der Waals surface area (Å²) in [4.78, 5) is 10.6. The van der Waals surface area contributed by atoms with E-state index >= 15 is 0 Å². The molecule has 0 unspecified atom stereocenters. The molecular weight excluding hydrogens is 777 g/mol. The van der Waals surface area contributed by atoms with Gasteiger partial charge < -0.3 is 9.13 Å². The first-order chi connectivity index (χ1) is 31.5. The van der Waals surface area contributed by atoms with Crippen molar-refractivity contribution in [1.29, 1.82) is 0 Å². The summed E-state index contributed by atoms with van der Waals surface area (Å²) in [6, 6.07) is 78.6. The Bertz CT molecular complexity index is 3610. The molecule has 12 aromatic rings. The molecule has 0 fully saturated rings. The van der Waals surface area contributed by atoms with Crippen LogP contribution in [0.2, 0.25) is 0 Å². The highest BCUT2D eigenvalue weighted by atomic mass is 15.0. The maximum Gasteiger partial charge on any atom is 0.160 e. The summed E-state index contributed by atoms with van der Waals surface area (Å²) in [5, 5.41) is 4.90. The third-order valence-corrected chi connectivity index (χ3v) is 12.6. The number of aromatic nitrogens is 4. The van der Waals surface area contributed by atoms with E-state index in [-0.39, 0.29) is 0 Å². The Hall–Kier alpha value is -8.34. The molecule has 0 aliphatic carbocycles. The summed E-state index contributed by atoms with van der Waals surface area (Å²) >= 11 is 0. The minimum atomic E-state index is 0.673. The largest absolute Gasteiger partial charge is 0.309 e. The smallest absolute Gasteiger partial charge is 0.160 e. The van der Waals surface area contributed by atoms with E-state index in [4.69, 9.17) is 9.97 Å². The second-order valence-corrected chi connectivity index (χ2v) is 16.8. The first-order valence-corrected chi connectivity index (χ1v) is 21.9. The normalized spacial score (nSPS) is 11.6. The molecule has 3 aromatic heterocycles. The highest BCUT2D eigenvalue weighted by Crippen LogP contribution is 2.41. The van der Waals surface area contributed by atoms with Gasteiger partial charge in [0.15, 0.2) is 5.82 Å². The SMILES string of the molecule is Cc1cc(C)cc(-c2ccc3c(c2)c2ccccc2n3-c2ccc(-c3nc(-c4ccccc4)cc(-c4ccccc4)n3)cc2-c2cccc(-n3c4ccccc4c4ccccc43)c2)c1. The Kier molecular flexibility index (Phi) is 8.91. The number of hydrogen-bond donors (Lipinski definition) is 0. The molecular formula is C60H42N4. The highest BCUT2D eigenvalue weighted by molar-refractivity contribution is 6.11. The van der Waals surface area contributed by atoms with Gasteiger partial charge in [0, 0.05) is 49.5 Å². The molecule has 0 bridgehead atoms. The van der Waals surface area contributed by atoms with Crippen LogP contribution >= 0.6 is 0 Å². The lowest BCUT2D eigenvalue weighted by molar-refractivity contribution is 1.16. The predicted octanol–water partition coefficient (Wildman–Crippen LogP) is 15.6. The molecule has 0 saturated carbocycles. The molecule has 9 aromatic carbocycles. The standard InChI is InChI=1S/C60H42N4/c1-39-32-40(2)34-46(33-39)43-28-30-59-52(36-43)50-24-11-14-27-57(50)64(59)58-31-29-45(60-61-53(41-16-5-3-6-17-41)38-54(62-60)42-18-7-4-8-19-42)37-51(58)44-20-15-21-47(35-44)63-55-25-12-9-22-48(55)49-23-10-13-26-56(49)63/h3-38H,1-2H3. The first-order valence-electron chi connectivity index (χ1n) is 21.9. The summed E-state index contributed by atoms with van der Waals surface area (Å²) in [5.41, 5.74) is 18.8. The second-order valence-electron chi connectivity index (χ2n) is 16.8.